The SMILES string of the molecule is CCCCCCCCCCCCCCC(P(=O)(O)O)P(=O)(O)O. The van der Waals surface area contributed by atoms with Gasteiger partial charge >= 0.3 is 15.2 Å². The molecule has 6 nitrogen and oxygen atoms in total. The topological polar surface area (TPSA) is 115 Å². The summed E-state index contributed by atoms with van der Waals surface area (Å²) in [6.45, 7) is 2.21. The molecule has 0 amide bonds. The summed E-state index contributed by atoms with van der Waals surface area (Å²) in [6.07, 6.45) is 13.3. The first-order valence-electron chi connectivity index (χ1n) is 8.80. The average Bonchev–Trinajstić information content (AvgIpc) is 2.41. The zero-order valence-electron chi connectivity index (χ0n) is 14.3. The lowest BCUT2D eigenvalue weighted by atomic mass is 10.0. The van der Waals surface area contributed by atoms with Crippen LogP contribution < -0.4 is 0 Å². The third kappa shape index (κ3) is 13.3. The standard InChI is InChI=1S/C15H34O6P2/c1-2-3-4-5-6-7-8-9-10-11-12-13-14-15(22(16,17)18)23(19,20)21/h15H,2-14H2,1H3,(H2,16,17,18)(H2,19,20,21). The van der Waals surface area contributed by atoms with Crippen LogP contribution in [0.25, 0.3) is 0 Å². The molecule has 0 saturated carbocycles. The van der Waals surface area contributed by atoms with E-state index in [4.69, 9.17) is 19.6 Å². The van der Waals surface area contributed by atoms with E-state index in [-0.39, 0.29) is 6.42 Å². The molecule has 0 atom stereocenters. The first-order valence-corrected chi connectivity index (χ1v) is 12.2. The van der Waals surface area contributed by atoms with E-state index < -0.39 is 20.6 Å². The summed E-state index contributed by atoms with van der Waals surface area (Å²) < 4.78 is 22.2. The van der Waals surface area contributed by atoms with Crippen LogP contribution in [0.3, 0.4) is 0 Å². The summed E-state index contributed by atoms with van der Waals surface area (Å²) in [5.41, 5.74) is 0. The van der Waals surface area contributed by atoms with Crippen molar-refractivity contribution in [3.8, 4) is 0 Å². The molecule has 0 aromatic rings. The Balaban J connectivity index is 3.58. The zero-order valence-corrected chi connectivity index (χ0v) is 16.1. The number of unbranched alkanes of at least 4 members (excludes halogenated alkanes) is 11. The molecule has 0 fully saturated rings. The Bertz CT molecular complexity index is 354. The first kappa shape index (κ1) is 23.3. The van der Waals surface area contributed by atoms with E-state index in [0.717, 1.165) is 25.7 Å². The Morgan fingerprint density at radius 3 is 1.22 bits per heavy atom. The van der Waals surface area contributed by atoms with Crippen LogP contribution in [-0.2, 0) is 9.13 Å². The van der Waals surface area contributed by atoms with Crippen molar-refractivity contribution in [2.45, 2.75) is 95.8 Å². The van der Waals surface area contributed by atoms with Gasteiger partial charge in [0.1, 0.15) is 0 Å². The van der Waals surface area contributed by atoms with Crippen LogP contribution in [-0.4, -0.2) is 25.0 Å². The van der Waals surface area contributed by atoms with E-state index in [1.807, 2.05) is 0 Å². The van der Waals surface area contributed by atoms with Crippen molar-refractivity contribution >= 4 is 15.2 Å². The third-order valence-corrected chi connectivity index (χ3v) is 7.97. The van der Waals surface area contributed by atoms with Crippen molar-refractivity contribution in [2.24, 2.45) is 0 Å². The van der Waals surface area contributed by atoms with Crippen LogP contribution >= 0.6 is 15.2 Å². The lowest BCUT2D eigenvalue weighted by molar-refractivity contribution is 0.333. The molecule has 23 heavy (non-hydrogen) atoms. The molecular weight excluding hydrogens is 338 g/mol. The number of hydrogen-bond donors (Lipinski definition) is 4. The molecule has 140 valence electrons. The molecule has 0 heterocycles. The maximum atomic E-state index is 11.1. The van der Waals surface area contributed by atoms with Crippen LogP contribution in [0, 0.1) is 0 Å². The van der Waals surface area contributed by atoms with Crippen LogP contribution in [0.4, 0.5) is 0 Å². The van der Waals surface area contributed by atoms with E-state index in [1.165, 1.54) is 44.9 Å². The van der Waals surface area contributed by atoms with Crippen molar-refractivity contribution in [1.29, 1.82) is 0 Å². The molecule has 0 radical (unpaired) electrons. The third-order valence-electron chi connectivity index (χ3n) is 4.09. The fraction of sp³-hybridized carbons (Fsp3) is 1.00. The van der Waals surface area contributed by atoms with Gasteiger partial charge in [-0.25, -0.2) is 0 Å². The van der Waals surface area contributed by atoms with E-state index in [2.05, 4.69) is 6.92 Å². The summed E-state index contributed by atoms with van der Waals surface area (Å²) in [5, 5.41) is -1.84. The maximum absolute atomic E-state index is 11.1. The highest BCUT2D eigenvalue weighted by molar-refractivity contribution is 7.70. The highest BCUT2D eigenvalue weighted by atomic mass is 31.2. The van der Waals surface area contributed by atoms with Crippen molar-refractivity contribution in [3.63, 3.8) is 0 Å². The Labute approximate surface area is 140 Å². The quantitative estimate of drug-likeness (QED) is 0.243. The highest BCUT2D eigenvalue weighted by Gasteiger charge is 2.42. The Morgan fingerprint density at radius 2 is 0.913 bits per heavy atom. The van der Waals surface area contributed by atoms with Gasteiger partial charge in [0.05, 0.1) is 0 Å². The fourth-order valence-electron chi connectivity index (χ4n) is 2.70. The predicted octanol–water partition coefficient (Wildman–Crippen LogP) is 4.76. The van der Waals surface area contributed by atoms with Gasteiger partial charge in [-0.05, 0) is 6.42 Å². The van der Waals surface area contributed by atoms with Crippen molar-refractivity contribution < 1.29 is 28.7 Å². The molecule has 0 spiro atoms. The molecule has 0 rings (SSSR count). The zero-order chi connectivity index (χ0) is 17.8. The van der Waals surface area contributed by atoms with Crippen molar-refractivity contribution in [3.05, 3.63) is 0 Å². The monoisotopic (exact) mass is 372 g/mol. The minimum absolute atomic E-state index is 0.119. The summed E-state index contributed by atoms with van der Waals surface area (Å²) in [7, 11) is -9.49. The minimum atomic E-state index is -4.74. The van der Waals surface area contributed by atoms with Gasteiger partial charge in [-0.1, -0.05) is 84.0 Å². The first-order chi connectivity index (χ1) is 10.7. The highest BCUT2D eigenvalue weighted by Crippen LogP contribution is 2.61. The molecule has 0 bridgehead atoms. The van der Waals surface area contributed by atoms with Crippen molar-refractivity contribution in [1.82, 2.24) is 0 Å². The van der Waals surface area contributed by atoms with Gasteiger partial charge in [0.2, 0.25) is 0 Å². The Kier molecular flexibility index (Phi) is 12.8. The fourth-order valence-corrected chi connectivity index (χ4v) is 5.31. The summed E-state index contributed by atoms with van der Waals surface area (Å²) in [4.78, 5) is 36.0. The van der Waals surface area contributed by atoms with Crippen molar-refractivity contribution in [2.75, 3.05) is 0 Å². The second-order valence-corrected chi connectivity index (χ2v) is 10.3. The van der Waals surface area contributed by atoms with E-state index in [0.29, 0.717) is 6.42 Å². The van der Waals surface area contributed by atoms with Gasteiger partial charge in [0.25, 0.3) is 0 Å². The molecular formula is C15H34O6P2. The minimum Gasteiger partial charge on any atom is -0.324 e. The summed E-state index contributed by atoms with van der Waals surface area (Å²) in [6, 6.07) is 0. The smallest absolute Gasteiger partial charge is 0.324 e. The van der Waals surface area contributed by atoms with E-state index in [9.17, 15) is 9.13 Å². The molecule has 0 aliphatic heterocycles. The molecule has 0 aromatic heterocycles. The van der Waals surface area contributed by atoms with Gasteiger partial charge in [-0.2, -0.15) is 0 Å². The lowest BCUT2D eigenvalue weighted by Gasteiger charge is -2.19. The van der Waals surface area contributed by atoms with Gasteiger partial charge in [0, 0.05) is 0 Å². The Morgan fingerprint density at radius 1 is 0.609 bits per heavy atom. The predicted molar refractivity (Wildman–Crippen MR) is 93.6 cm³/mol. The largest absolute Gasteiger partial charge is 0.340 e. The maximum Gasteiger partial charge on any atom is 0.340 e. The van der Waals surface area contributed by atoms with E-state index in [1.54, 1.807) is 0 Å². The van der Waals surface area contributed by atoms with Gasteiger partial charge in [-0.15, -0.1) is 0 Å². The lowest BCUT2D eigenvalue weighted by Crippen LogP contribution is -2.09. The summed E-state index contributed by atoms with van der Waals surface area (Å²) >= 11 is 0. The normalized spacial score (nSPS) is 13.0. The molecule has 0 saturated heterocycles. The van der Waals surface area contributed by atoms with Crippen LogP contribution in [0.2, 0.25) is 0 Å². The van der Waals surface area contributed by atoms with Gasteiger partial charge < -0.3 is 19.6 Å². The molecule has 8 heteroatoms. The van der Waals surface area contributed by atoms with Gasteiger partial charge in [0.15, 0.2) is 5.40 Å². The molecule has 0 aliphatic carbocycles. The van der Waals surface area contributed by atoms with E-state index >= 15 is 0 Å². The van der Waals surface area contributed by atoms with Crippen LogP contribution in [0.15, 0.2) is 0 Å². The second-order valence-electron chi connectivity index (χ2n) is 6.34. The average molecular weight is 372 g/mol. The number of hydrogen-bond acceptors (Lipinski definition) is 2. The van der Waals surface area contributed by atoms with Crippen LogP contribution in [0.1, 0.15) is 90.4 Å². The Hall–Kier alpha value is 0.300. The molecule has 0 aromatic carbocycles. The summed E-state index contributed by atoms with van der Waals surface area (Å²) in [5.74, 6) is 0. The van der Waals surface area contributed by atoms with Crippen LogP contribution in [0.5, 0.6) is 0 Å². The van der Waals surface area contributed by atoms with Gasteiger partial charge in [-0.3, -0.25) is 9.13 Å². The second kappa shape index (κ2) is 12.6. The molecule has 0 aliphatic rings. The molecule has 4 N–H and O–H groups in total. The number of rotatable bonds is 15. The molecule has 0 unspecified atom stereocenters.